The summed E-state index contributed by atoms with van der Waals surface area (Å²) in [5.41, 5.74) is -4.40. The lowest BCUT2D eigenvalue weighted by atomic mass is 9.77. The third kappa shape index (κ3) is 13.7. The minimum atomic E-state index is -1.94. The number of ether oxygens (including phenoxy) is 6. The highest BCUT2D eigenvalue weighted by Gasteiger charge is 2.53. The van der Waals surface area contributed by atoms with Crippen LogP contribution in [0.2, 0.25) is 0 Å². The lowest BCUT2D eigenvalue weighted by Crippen LogP contribution is -2.60. The summed E-state index contributed by atoms with van der Waals surface area (Å²) in [4.78, 5) is 31.2. The number of cyclic esters (lactones) is 1. The molecule has 0 saturated carbocycles. The Labute approximate surface area is 386 Å². The van der Waals surface area contributed by atoms with Crippen LogP contribution in [0.1, 0.15) is 107 Å². The first-order chi connectivity index (χ1) is 30.3. The second-order valence-electron chi connectivity index (χ2n) is 20.2. The van der Waals surface area contributed by atoms with Gasteiger partial charge in [-0.1, -0.05) is 39.0 Å². The SMILES string of the molecule is CC[C@H]1OC(=O)[C@H](C)[C@@H](O[C@H]2C[C@@](C)(OC)[C@@H](O)[C@H](C)O2)[C@H](C)[C@@H](O[C@@H]2O[C@H](C)C[C@H](N(C)C)[C@H]2O)[C@](C)(O)C[C@@H](C)CN(CCCNC(=O)Cc2ccccc2F)[C@H](C)[C@@H](O)[C@]1(C)O. The number of methoxy groups -OCH3 is 1. The first-order valence-corrected chi connectivity index (χ1v) is 23.5. The van der Waals surface area contributed by atoms with Crippen LogP contribution in [-0.2, 0) is 44.4 Å². The smallest absolute Gasteiger partial charge is 0.311 e. The van der Waals surface area contributed by atoms with Gasteiger partial charge in [-0.2, -0.15) is 0 Å². The van der Waals surface area contributed by atoms with E-state index in [2.05, 4.69) is 5.32 Å². The van der Waals surface area contributed by atoms with Crippen molar-refractivity contribution in [2.45, 2.75) is 198 Å². The zero-order chi connectivity index (χ0) is 48.8. The number of nitrogens with zero attached hydrogens (tertiary/aromatic N) is 2. The van der Waals surface area contributed by atoms with Gasteiger partial charge in [-0.05, 0) is 106 Å². The molecule has 4 rings (SSSR count). The van der Waals surface area contributed by atoms with Crippen molar-refractivity contribution in [1.82, 2.24) is 15.1 Å². The van der Waals surface area contributed by atoms with E-state index in [-0.39, 0.29) is 61.8 Å². The van der Waals surface area contributed by atoms with Crippen LogP contribution in [0.25, 0.3) is 0 Å². The van der Waals surface area contributed by atoms with Crippen molar-refractivity contribution in [2.75, 3.05) is 40.8 Å². The summed E-state index contributed by atoms with van der Waals surface area (Å²) in [6.45, 7) is 18.2. The number of amides is 1. The van der Waals surface area contributed by atoms with Gasteiger partial charge in [0.1, 0.15) is 35.8 Å². The van der Waals surface area contributed by atoms with Crippen molar-refractivity contribution in [2.24, 2.45) is 17.8 Å². The Hall–Kier alpha value is -2.39. The summed E-state index contributed by atoms with van der Waals surface area (Å²) in [5, 5.41) is 62.6. The van der Waals surface area contributed by atoms with Crippen molar-refractivity contribution in [1.29, 1.82) is 0 Å². The number of carbonyl (C=O) groups is 2. The van der Waals surface area contributed by atoms with E-state index in [1.165, 1.54) is 20.1 Å². The number of aliphatic hydroxyl groups excluding tert-OH is 3. The standard InChI is InChI=1S/C48H82FN3O13/c1-14-36-48(10,59)41(55)31(6)52(21-17-20-50-37(53)23-33-18-15-16-19-34(33)49)26-27(2)24-46(8,58)43(65-45-39(54)35(51(11)12)22-28(3)61-45)29(4)40(30(5)44(57)63-36)64-38-25-47(9,60-13)42(56)32(7)62-38/h15-16,18-19,27-32,35-36,38-43,45,54-56,58-59H,14,17,20-26H2,1-13H3,(H,50,53)/t27-,28-,29+,30-,31-,32+,35+,36-,38+,39-,40+,41-,42+,43-,45+,46-,47-,48-/m1/s1. The predicted octanol–water partition coefficient (Wildman–Crippen LogP) is 3.16. The maximum Gasteiger partial charge on any atom is 0.311 e. The molecule has 1 aromatic rings. The van der Waals surface area contributed by atoms with Gasteiger partial charge in [0.2, 0.25) is 5.91 Å². The highest BCUT2D eigenvalue weighted by Crippen LogP contribution is 2.40. The number of nitrogens with one attached hydrogen (secondary N) is 1. The molecule has 0 radical (unpaired) electrons. The molecule has 0 bridgehead atoms. The van der Waals surface area contributed by atoms with Gasteiger partial charge in [0, 0.05) is 51.2 Å². The molecule has 16 nitrogen and oxygen atoms in total. The lowest BCUT2D eigenvalue weighted by molar-refractivity contribution is -0.318. The summed E-state index contributed by atoms with van der Waals surface area (Å²) < 4.78 is 52.2. The maximum atomic E-state index is 14.5. The Balaban J connectivity index is 1.74. The third-order valence-electron chi connectivity index (χ3n) is 14.3. The average molecular weight is 928 g/mol. The number of rotatable bonds is 13. The molecule has 65 heavy (non-hydrogen) atoms. The van der Waals surface area contributed by atoms with Crippen molar-refractivity contribution in [3.63, 3.8) is 0 Å². The molecule has 3 aliphatic heterocycles. The molecule has 3 fully saturated rings. The molecular weight excluding hydrogens is 846 g/mol. The zero-order valence-corrected chi connectivity index (χ0v) is 41.1. The fraction of sp³-hybridized carbons (Fsp3) is 0.833. The normalized spacial score (nSPS) is 41.9. The molecule has 0 aromatic heterocycles. The third-order valence-corrected chi connectivity index (χ3v) is 14.3. The molecule has 0 aliphatic carbocycles. The van der Waals surface area contributed by atoms with E-state index < -0.39 is 102 Å². The summed E-state index contributed by atoms with van der Waals surface area (Å²) >= 11 is 0. The largest absolute Gasteiger partial charge is 0.459 e. The number of carbonyl (C=O) groups excluding carboxylic acids is 2. The van der Waals surface area contributed by atoms with E-state index in [0.29, 0.717) is 25.9 Å². The molecule has 374 valence electrons. The van der Waals surface area contributed by atoms with E-state index in [1.807, 2.05) is 37.7 Å². The number of halogens is 1. The van der Waals surface area contributed by atoms with Crippen molar-refractivity contribution >= 4 is 11.9 Å². The first-order valence-electron chi connectivity index (χ1n) is 23.5. The Morgan fingerprint density at radius 2 is 1.65 bits per heavy atom. The van der Waals surface area contributed by atoms with E-state index in [1.54, 1.807) is 66.7 Å². The van der Waals surface area contributed by atoms with Crippen LogP contribution < -0.4 is 5.32 Å². The summed E-state index contributed by atoms with van der Waals surface area (Å²) in [6, 6.07) is 5.07. The summed E-state index contributed by atoms with van der Waals surface area (Å²) in [7, 11) is 5.22. The molecule has 3 saturated heterocycles. The molecule has 18 atom stereocenters. The van der Waals surface area contributed by atoms with Gasteiger partial charge in [0.15, 0.2) is 12.6 Å². The average Bonchev–Trinajstić information content (AvgIpc) is 3.23. The van der Waals surface area contributed by atoms with Gasteiger partial charge >= 0.3 is 5.97 Å². The first kappa shape index (κ1) is 55.2. The fourth-order valence-corrected chi connectivity index (χ4v) is 10.3. The molecular formula is C48H82FN3O13. The monoisotopic (exact) mass is 928 g/mol. The van der Waals surface area contributed by atoms with Crippen LogP contribution in [0, 0.1) is 23.6 Å². The topological polar surface area (TPSA) is 209 Å². The molecule has 3 aliphatic rings. The summed E-state index contributed by atoms with van der Waals surface area (Å²) in [6.07, 6.45) is -8.91. The van der Waals surface area contributed by atoms with Crippen LogP contribution in [0.4, 0.5) is 4.39 Å². The fourth-order valence-electron chi connectivity index (χ4n) is 10.3. The van der Waals surface area contributed by atoms with Gasteiger partial charge < -0.3 is 64.2 Å². The number of benzene rings is 1. The van der Waals surface area contributed by atoms with Gasteiger partial charge in [0.05, 0.1) is 48.0 Å². The second-order valence-corrected chi connectivity index (χ2v) is 20.2. The zero-order valence-electron chi connectivity index (χ0n) is 41.1. The Bertz CT molecular complexity index is 1670. The van der Waals surface area contributed by atoms with Crippen molar-refractivity contribution < 1.29 is 67.9 Å². The van der Waals surface area contributed by atoms with Gasteiger partial charge in [-0.3, -0.25) is 14.5 Å². The number of hydrogen-bond donors (Lipinski definition) is 6. The van der Waals surface area contributed by atoms with E-state index in [4.69, 9.17) is 28.4 Å². The number of likely N-dealkylation sites (N-methyl/N-ethyl adjacent to an activating group) is 1. The molecule has 0 spiro atoms. The highest BCUT2D eigenvalue weighted by molar-refractivity contribution is 5.78. The van der Waals surface area contributed by atoms with Gasteiger partial charge in [0.25, 0.3) is 0 Å². The number of esters is 1. The van der Waals surface area contributed by atoms with Gasteiger partial charge in [-0.25, -0.2) is 4.39 Å². The maximum absolute atomic E-state index is 14.5. The van der Waals surface area contributed by atoms with E-state index in [9.17, 15) is 39.5 Å². The molecule has 3 heterocycles. The quantitative estimate of drug-likeness (QED) is 0.124. The number of aliphatic hydroxyl groups is 5. The Kier molecular flexibility index (Phi) is 19.8. The van der Waals surface area contributed by atoms with Crippen LogP contribution >= 0.6 is 0 Å². The molecule has 6 N–H and O–H groups in total. The van der Waals surface area contributed by atoms with Crippen LogP contribution in [0.15, 0.2) is 24.3 Å². The van der Waals surface area contributed by atoms with Crippen molar-refractivity contribution in [3.8, 4) is 0 Å². The lowest BCUT2D eigenvalue weighted by Gasteiger charge is -2.48. The number of hydrogen-bond acceptors (Lipinski definition) is 15. The molecule has 0 unspecified atom stereocenters. The highest BCUT2D eigenvalue weighted by atomic mass is 19.1. The van der Waals surface area contributed by atoms with Crippen LogP contribution in [-0.4, -0.2) is 178 Å². The van der Waals surface area contributed by atoms with E-state index >= 15 is 0 Å². The van der Waals surface area contributed by atoms with Crippen LogP contribution in [0.5, 0.6) is 0 Å². The minimum absolute atomic E-state index is 0.0902. The minimum Gasteiger partial charge on any atom is -0.459 e. The molecule has 17 heteroatoms. The Morgan fingerprint density at radius 1 is 0.985 bits per heavy atom. The van der Waals surface area contributed by atoms with E-state index in [0.717, 1.165) is 0 Å². The summed E-state index contributed by atoms with van der Waals surface area (Å²) in [5.74, 6) is -3.75. The van der Waals surface area contributed by atoms with Crippen LogP contribution in [0.3, 0.4) is 0 Å². The van der Waals surface area contributed by atoms with Crippen molar-refractivity contribution in [3.05, 3.63) is 35.6 Å². The van der Waals surface area contributed by atoms with Gasteiger partial charge in [-0.15, -0.1) is 0 Å². The second kappa shape index (κ2) is 23.3. The molecule has 1 aromatic carbocycles. The Morgan fingerprint density at radius 3 is 2.26 bits per heavy atom. The molecule has 1 amide bonds. The predicted molar refractivity (Wildman–Crippen MR) is 241 cm³/mol.